The molecule has 0 saturated heterocycles. The Hall–Kier alpha value is -1.88. The maximum Gasteiger partial charge on any atom is 0.422 e. The van der Waals surface area contributed by atoms with Crippen LogP contribution in [0.1, 0.15) is 24.1 Å². The molecule has 0 unspecified atom stereocenters. The number of nitrogens with zero attached hydrogens (tertiary/aromatic N) is 1. The van der Waals surface area contributed by atoms with Gasteiger partial charge in [0.1, 0.15) is 0 Å². The molecule has 0 saturated carbocycles. The Morgan fingerprint density at radius 1 is 1.00 bits per heavy atom. The van der Waals surface area contributed by atoms with Gasteiger partial charge in [-0.2, -0.15) is 13.2 Å². The number of aromatic nitrogens is 1. The molecule has 0 fully saturated rings. The fraction of sp³-hybridized carbons (Fsp3) is 0.267. The van der Waals surface area contributed by atoms with Gasteiger partial charge in [0.15, 0.2) is 5.60 Å². The van der Waals surface area contributed by atoms with Crippen LogP contribution in [0.15, 0.2) is 54.7 Å². The second-order valence-corrected chi connectivity index (χ2v) is 4.61. The Balaban J connectivity index is 2.54. The number of hydrogen-bond donors (Lipinski definition) is 1. The van der Waals surface area contributed by atoms with E-state index in [1.54, 1.807) is 18.2 Å². The number of rotatable bonds is 3. The second kappa shape index (κ2) is 5.25. The van der Waals surface area contributed by atoms with Gasteiger partial charge < -0.3 is 5.11 Å². The summed E-state index contributed by atoms with van der Waals surface area (Å²) < 4.78 is 40.3. The van der Waals surface area contributed by atoms with Crippen molar-refractivity contribution in [2.75, 3.05) is 0 Å². The first-order valence-electron chi connectivity index (χ1n) is 6.13. The van der Waals surface area contributed by atoms with E-state index < -0.39 is 17.7 Å². The number of aliphatic hydroxyl groups is 1. The minimum Gasteiger partial charge on any atom is -0.376 e. The summed E-state index contributed by atoms with van der Waals surface area (Å²) in [6.45, 7) is 1.32. The van der Waals surface area contributed by atoms with E-state index in [1.165, 1.54) is 43.5 Å². The van der Waals surface area contributed by atoms with E-state index >= 15 is 0 Å². The van der Waals surface area contributed by atoms with E-state index in [4.69, 9.17) is 0 Å². The Kier molecular flexibility index (Phi) is 3.81. The Labute approximate surface area is 114 Å². The summed E-state index contributed by atoms with van der Waals surface area (Å²) in [4.78, 5) is 3.92. The Bertz CT molecular complexity index is 556. The van der Waals surface area contributed by atoms with Crippen molar-refractivity contribution in [1.29, 1.82) is 0 Å². The normalized spacial score (nSPS) is 16.4. The topological polar surface area (TPSA) is 33.1 Å². The molecule has 0 aliphatic heterocycles. The molecule has 1 aromatic carbocycles. The van der Waals surface area contributed by atoms with Crippen LogP contribution in [0.5, 0.6) is 0 Å². The molecule has 2 rings (SSSR count). The van der Waals surface area contributed by atoms with E-state index in [0.717, 1.165) is 0 Å². The van der Waals surface area contributed by atoms with Gasteiger partial charge in [0.25, 0.3) is 0 Å². The van der Waals surface area contributed by atoms with Crippen LogP contribution in [-0.4, -0.2) is 16.3 Å². The minimum atomic E-state index is -4.80. The fourth-order valence-electron chi connectivity index (χ4n) is 2.20. The molecule has 2 nitrogen and oxygen atoms in total. The summed E-state index contributed by atoms with van der Waals surface area (Å²) in [7, 11) is 0. The molecule has 20 heavy (non-hydrogen) atoms. The van der Waals surface area contributed by atoms with Crippen molar-refractivity contribution in [3.63, 3.8) is 0 Å². The molecule has 1 aromatic heterocycles. The number of alkyl halides is 3. The molecule has 0 bridgehead atoms. The van der Waals surface area contributed by atoms with Gasteiger partial charge in [-0.1, -0.05) is 43.3 Å². The third-order valence-corrected chi connectivity index (χ3v) is 3.40. The van der Waals surface area contributed by atoms with Crippen LogP contribution in [0, 0.1) is 0 Å². The number of halogens is 3. The molecular formula is C15H14F3NO. The highest BCUT2D eigenvalue weighted by Crippen LogP contribution is 2.47. The maximum atomic E-state index is 13.4. The van der Waals surface area contributed by atoms with Gasteiger partial charge in [0.2, 0.25) is 0 Å². The zero-order chi connectivity index (χ0) is 14.8. The standard InChI is InChI=1S/C15H14F3NO/c1-11(13-9-5-6-10-19-13)14(20,15(16,17)18)12-7-3-2-4-8-12/h2-11,20H,1H3/t11-,14-/m0/s1. The van der Waals surface area contributed by atoms with Crippen LogP contribution in [-0.2, 0) is 5.60 Å². The highest BCUT2D eigenvalue weighted by molar-refractivity contribution is 5.29. The van der Waals surface area contributed by atoms with Crippen LogP contribution in [0.2, 0.25) is 0 Å². The van der Waals surface area contributed by atoms with Crippen molar-refractivity contribution in [3.8, 4) is 0 Å². The van der Waals surface area contributed by atoms with E-state index in [2.05, 4.69) is 4.98 Å². The Morgan fingerprint density at radius 2 is 1.60 bits per heavy atom. The van der Waals surface area contributed by atoms with Gasteiger partial charge in [-0.15, -0.1) is 0 Å². The number of pyridine rings is 1. The van der Waals surface area contributed by atoms with Crippen molar-refractivity contribution >= 4 is 0 Å². The van der Waals surface area contributed by atoms with Crippen molar-refractivity contribution in [1.82, 2.24) is 4.98 Å². The van der Waals surface area contributed by atoms with Gasteiger partial charge in [-0.25, -0.2) is 0 Å². The van der Waals surface area contributed by atoms with E-state index in [-0.39, 0.29) is 11.3 Å². The molecule has 0 amide bonds. The van der Waals surface area contributed by atoms with Crippen LogP contribution in [0.4, 0.5) is 13.2 Å². The first kappa shape index (κ1) is 14.5. The molecule has 1 N–H and O–H groups in total. The van der Waals surface area contributed by atoms with Crippen molar-refractivity contribution in [3.05, 3.63) is 66.0 Å². The van der Waals surface area contributed by atoms with E-state index in [0.29, 0.717) is 0 Å². The first-order valence-corrected chi connectivity index (χ1v) is 6.13. The second-order valence-electron chi connectivity index (χ2n) is 4.61. The molecular weight excluding hydrogens is 267 g/mol. The van der Waals surface area contributed by atoms with Crippen LogP contribution in [0.25, 0.3) is 0 Å². The molecule has 0 radical (unpaired) electrons. The molecule has 1 heterocycles. The Morgan fingerprint density at radius 3 is 2.10 bits per heavy atom. The maximum absolute atomic E-state index is 13.4. The SMILES string of the molecule is C[C@@H](c1ccccn1)[C@](O)(c1ccccc1)C(F)(F)F. The summed E-state index contributed by atoms with van der Waals surface area (Å²) in [6, 6.07) is 11.8. The smallest absolute Gasteiger partial charge is 0.376 e. The summed E-state index contributed by atoms with van der Waals surface area (Å²) >= 11 is 0. The monoisotopic (exact) mass is 281 g/mol. The summed E-state index contributed by atoms with van der Waals surface area (Å²) in [6.07, 6.45) is -3.39. The highest BCUT2D eigenvalue weighted by Gasteiger charge is 2.58. The van der Waals surface area contributed by atoms with Gasteiger partial charge in [-0.05, 0) is 17.7 Å². The van der Waals surface area contributed by atoms with E-state index in [9.17, 15) is 18.3 Å². The van der Waals surface area contributed by atoms with Crippen LogP contribution >= 0.6 is 0 Å². The minimum absolute atomic E-state index is 0.189. The van der Waals surface area contributed by atoms with Crippen LogP contribution < -0.4 is 0 Å². The van der Waals surface area contributed by atoms with Gasteiger partial charge >= 0.3 is 6.18 Å². The lowest BCUT2D eigenvalue weighted by molar-refractivity contribution is -0.274. The van der Waals surface area contributed by atoms with Crippen LogP contribution in [0.3, 0.4) is 0 Å². The van der Waals surface area contributed by atoms with E-state index in [1.807, 2.05) is 0 Å². The summed E-state index contributed by atoms with van der Waals surface area (Å²) in [5.41, 5.74) is -2.97. The van der Waals surface area contributed by atoms with Crippen molar-refractivity contribution < 1.29 is 18.3 Å². The highest BCUT2D eigenvalue weighted by atomic mass is 19.4. The predicted molar refractivity (Wildman–Crippen MR) is 69.0 cm³/mol. The third kappa shape index (κ3) is 2.41. The molecule has 2 aromatic rings. The van der Waals surface area contributed by atoms with Gasteiger partial charge in [-0.3, -0.25) is 4.98 Å². The first-order chi connectivity index (χ1) is 9.37. The number of hydrogen-bond acceptors (Lipinski definition) is 2. The fourth-order valence-corrected chi connectivity index (χ4v) is 2.20. The lowest BCUT2D eigenvalue weighted by Gasteiger charge is -2.36. The molecule has 106 valence electrons. The average Bonchev–Trinajstić information content (AvgIpc) is 2.46. The van der Waals surface area contributed by atoms with Crippen molar-refractivity contribution in [2.45, 2.75) is 24.6 Å². The van der Waals surface area contributed by atoms with Crippen molar-refractivity contribution in [2.24, 2.45) is 0 Å². The largest absolute Gasteiger partial charge is 0.422 e. The molecule has 0 aliphatic rings. The zero-order valence-corrected chi connectivity index (χ0v) is 10.8. The predicted octanol–water partition coefficient (Wildman–Crippen LogP) is 3.64. The summed E-state index contributed by atoms with van der Waals surface area (Å²) in [5, 5.41) is 10.4. The quantitative estimate of drug-likeness (QED) is 0.931. The third-order valence-electron chi connectivity index (χ3n) is 3.40. The molecule has 0 spiro atoms. The average molecular weight is 281 g/mol. The molecule has 5 heteroatoms. The summed E-state index contributed by atoms with van der Waals surface area (Å²) in [5.74, 6) is -1.22. The number of benzene rings is 1. The molecule has 2 atom stereocenters. The lowest BCUT2D eigenvalue weighted by atomic mass is 9.79. The zero-order valence-electron chi connectivity index (χ0n) is 10.8. The molecule has 0 aliphatic carbocycles. The van der Waals surface area contributed by atoms with Gasteiger partial charge in [0.05, 0.1) is 0 Å². The lowest BCUT2D eigenvalue weighted by Crippen LogP contribution is -2.46. The van der Waals surface area contributed by atoms with Gasteiger partial charge in [0, 0.05) is 17.8 Å².